The van der Waals surface area contributed by atoms with Crippen LogP contribution < -0.4 is 0 Å². The second kappa shape index (κ2) is 6.04. The van der Waals surface area contributed by atoms with Crippen LogP contribution in [0.4, 0.5) is 0 Å². The summed E-state index contributed by atoms with van der Waals surface area (Å²) >= 11 is 0. The van der Waals surface area contributed by atoms with Crippen LogP contribution in [0.15, 0.2) is 48.6 Å². The first-order chi connectivity index (χ1) is 11.9. The van der Waals surface area contributed by atoms with E-state index in [0.717, 1.165) is 35.5 Å². The molecule has 3 fully saturated rings. The third kappa shape index (κ3) is 2.18. The molecule has 4 unspecified atom stereocenters. The van der Waals surface area contributed by atoms with Crippen LogP contribution in [0.5, 0.6) is 0 Å². The van der Waals surface area contributed by atoms with E-state index in [2.05, 4.69) is 48.6 Å². The molecule has 0 saturated heterocycles. The van der Waals surface area contributed by atoms with Gasteiger partial charge in [-0.25, -0.2) is 0 Å². The van der Waals surface area contributed by atoms with Gasteiger partial charge < -0.3 is 0 Å². The van der Waals surface area contributed by atoms with Crippen molar-refractivity contribution in [3.05, 3.63) is 48.6 Å². The topological polar surface area (TPSA) is 0 Å². The van der Waals surface area contributed by atoms with Crippen LogP contribution in [0.1, 0.15) is 57.8 Å². The molecule has 0 N–H and O–H groups in total. The molecule has 5 rings (SSSR count). The number of rotatable bonds is 2. The van der Waals surface area contributed by atoms with E-state index in [9.17, 15) is 0 Å². The molecule has 0 spiro atoms. The number of fused-ring (bicyclic) bond motifs is 3. The van der Waals surface area contributed by atoms with Crippen LogP contribution in [0, 0.1) is 40.9 Å². The Morgan fingerprint density at radius 1 is 0.542 bits per heavy atom. The molecule has 0 radical (unpaired) electrons. The average molecular weight is 321 g/mol. The van der Waals surface area contributed by atoms with Crippen LogP contribution >= 0.6 is 0 Å². The summed E-state index contributed by atoms with van der Waals surface area (Å²) in [5, 5.41) is 0. The highest BCUT2D eigenvalue weighted by Gasteiger charge is 2.58. The fraction of sp³-hybridized carbons (Fsp3) is 0.667. The minimum Gasteiger partial charge on any atom is -0.0805 e. The van der Waals surface area contributed by atoms with E-state index in [-0.39, 0.29) is 0 Å². The lowest BCUT2D eigenvalue weighted by Crippen LogP contribution is -2.43. The van der Waals surface area contributed by atoms with E-state index in [1.54, 1.807) is 0 Å². The lowest BCUT2D eigenvalue weighted by molar-refractivity contribution is -0.00314. The van der Waals surface area contributed by atoms with Gasteiger partial charge in [-0.3, -0.25) is 0 Å². The zero-order chi connectivity index (χ0) is 16.0. The maximum atomic E-state index is 2.60. The second-order valence-corrected chi connectivity index (χ2v) is 9.15. The minimum absolute atomic E-state index is 0.641. The fourth-order valence-electron chi connectivity index (χ4n) is 7.52. The molecular weight excluding hydrogens is 288 g/mol. The summed E-state index contributed by atoms with van der Waals surface area (Å²) < 4.78 is 0. The zero-order valence-electron chi connectivity index (χ0n) is 14.9. The Morgan fingerprint density at radius 3 is 1.58 bits per heavy atom. The van der Waals surface area contributed by atoms with Gasteiger partial charge in [-0.1, -0.05) is 80.7 Å². The molecule has 0 heteroatoms. The Bertz CT molecular complexity index is 543. The second-order valence-electron chi connectivity index (χ2n) is 9.15. The first-order valence-electron chi connectivity index (χ1n) is 10.6. The molecule has 4 atom stereocenters. The zero-order valence-corrected chi connectivity index (χ0v) is 14.9. The summed E-state index contributed by atoms with van der Waals surface area (Å²) in [6.45, 7) is 0. The molecule has 24 heavy (non-hydrogen) atoms. The molecule has 0 nitrogen and oxygen atoms in total. The Morgan fingerprint density at radius 2 is 1.04 bits per heavy atom. The molecule has 0 bridgehead atoms. The maximum Gasteiger partial charge on any atom is -0.00954 e. The highest BCUT2D eigenvalue weighted by atomic mass is 14.6. The van der Waals surface area contributed by atoms with Crippen LogP contribution in [0.3, 0.4) is 0 Å². The number of hydrogen-bond donors (Lipinski definition) is 0. The van der Waals surface area contributed by atoms with Gasteiger partial charge in [0.1, 0.15) is 0 Å². The van der Waals surface area contributed by atoms with Crippen LogP contribution in [-0.4, -0.2) is 0 Å². The van der Waals surface area contributed by atoms with E-state index in [1.807, 2.05) is 0 Å². The van der Waals surface area contributed by atoms with Crippen LogP contribution in [0.2, 0.25) is 0 Å². The maximum absolute atomic E-state index is 2.60. The largest absolute Gasteiger partial charge is 0.0805 e. The Labute approximate surface area is 147 Å². The van der Waals surface area contributed by atoms with Gasteiger partial charge >= 0.3 is 0 Å². The molecule has 5 aliphatic rings. The van der Waals surface area contributed by atoms with E-state index >= 15 is 0 Å². The standard InChI is InChI=1S/C24H32/c1-8-16-24(17-9-1,18-10-2-3-11-18)23-21-14-6-4-12-19(21)20-13-5-7-15-22(20)23/h4-7,12-15,18-23H,1-3,8-11,16-17H2. The first kappa shape index (κ1) is 15.2. The summed E-state index contributed by atoms with van der Waals surface area (Å²) in [4.78, 5) is 0. The highest BCUT2D eigenvalue weighted by Crippen LogP contribution is 2.64. The van der Waals surface area contributed by atoms with Gasteiger partial charge in [0.2, 0.25) is 0 Å². The van der Waals surface area contributed by atoms with Crippen molar-refractivity contribution < 1.29 is 0 Å². The molecule has 0 amide bonds. The SMILES string of the molecule is C1=CC2C3C=CC=CC3C(C3(C4CCCC4)CCCCC3)C2C=C1. The van der Waals surface area contributed by atoms with Crippen molar-refractivity contribution in [2.75, 3.05) is 0 Å². The average Bonchev–Trinajstić information content (AvgIpc) is 3.29. The highest BCUT2D eigenvalue weighted by molar-refractivity contribution is 5.30. The van der Waals surface area contributed by atoms with Crippen molar-refractivity contribution in [1.82, 2.24) is 0 Å². The van der Waals surface area contributed by atoms with Crippen molar-refractivity contribution in [2.45, 2.75) is 57.8 Å². The van der Waals surface area contributed by atoms with Crippen LogP contribution in [-0.2, 0) is 0 Å². The lowest BCUT2D eigenvalue weighted by Gasteiger charge is -2.51. The Balaban J connectivity index is 1.58. The van der Waals surface area contributed by atoms with E-state index < -0.39 is 0 Å². The molecule has 0 aromatic rings. The molecule has 128 valence electrons. The summed E-state index contributed by atoms with van der Waals surface area (Å²) in [5.41, 5.74) is 0.641. The monoisotopic (exact) mass is 320 g/mol. The predicted molar refractivity (Wildman–Crippen MR) is 101 cm³/mol. The molecule has 3 saturated carbocycles. The number of hydrogen-bond acceptors (Lipinski definition) is 0. The van der Waals surface area contributed by atoms with Gasteiger partial charge in [-0.2, -0.15) is 0 Å². The van der Waals surface area contributed by atoms with Gasteiger partial charge in [-0.15, -0.1) is 0 Å². The Kier molecular flexibility index (Phi) is 3.83. The molecule has 5 aliphatic carbocycles. The third-order valence-electron chi connectivity index (χ3n) is 8.33. The predicted octanol–water partition coefficient (Wildman–Crippen LogP) is 6.47. The molecule has 0 aromatic carbocycles. The van der Waals surface area contributed by atoms with Crippen molar-refractivity contribution >= 4 is 0 Å². The van der Waals surface area contributed by atoms with Gasteiger partial charge in [0, 0.05) is 0 Å². The Hall–Kier alpha value is -1.04. The van der Waals surface area contributed by atoms with Gasteiger partial charge in [0.15, 0.2) is 0 Å². The molecule has 0 aromatic heterocycles. The summed E-state index contributed by atoms with van der Waals surface area (Å²) in [6, 6.07) is 0. The smallest absolute Gasteiger partial charge is 0.00954 e. The minimum atomic E-state index is 0.641. The van der Waals surface area contributed by atoms with Crippen molar-refractivity contribution in [3.63, 3.8) is 0 Å². The fourth-order valence-corrected chi connectivity index (χ4v) is 7.52. The third-order valence-corrected chi connectivity index (χ3v) is 8.33. The first-order valence-corrected chi connectivity index (χ1v) is 10.6. The quantitative estimate of drug-likeness (QED) is 0.546. The van der Waals surface area contributed by atoms with Gasteiger partial charge in [0.25, 0.3) is 0 Å². The van der Waals surface area contributed by atoms with Crippen molar-refractivity contribution in [2.24, 2.45) is 40.9 Å². The number of allylic oxidation sites excluding steroid dienone is 8. The van der Waals surface area contributed by atoms with Crippen molar-refractivity contribution in [3.8, 4) is 0 Å². The summed E-state index contributed by atoms with van der Waals surface area (Å²) in [6.07, 6.45) is 33.1. The molecule has 0 aliphatic heterocycles. The summed E-state index contributed by atoms with van der Waals surface area (Å²) in [7, 11) is 0. The summed E-state index contributed by atoms with van der Waals surface area (Å²) in [5.74, 6) is 4.99. The molecule has 0 heterocycles. The van der Waals surface area contributed by atoms with Crippen molar-refractivity contribution in [1.29, 1.82) is 0 Å². The van der Waals surface area contributed by atoms with Crippen LogP contribution in [0.25, 0.3) is 0 Å². The van der Waals surface area contributed by atoms with E-state index in [4.69, 9.17) is 0 Å². The lowest BCUT2D eigenvalue weighted by atomic mass is 9.53. The normalized spacial score (nSPS) is 43.1. The van der Waals surface area contributed by atoms with E-state index in [1.165, 1.54) is 57.8 Å². The van der Waals surface area contributed by atoms with E-state index in [0.29, 0.717) is 5.41 Å². The molecular formula is C24H32. The van der Waals surface area contributed by atoms with Gasteiger partial charge in [0.05, 0.1) is 0 Å². The van der Waals surface area contributed by atoms with Gasteiger partial charge in [-0.05, 0) is 66.6 Å².